The number of aryl methyl sites for hydroxylation is 2. The van der Waals surface area contributed by atoms with Gasteiger partial charge in [-0.05, 0) is 32.9 Å². The van der Waals surface area contributed by atoms with Crippen molar-refractivity contribution in [3.63, 3.8) is 0 Å². The maximum absolute atomic E-state index is 12.7. The lowest BCUT2D eigenvalue weighted by Crippen LogP contribution is -2.47. The van der Waals surface area contributed by atoms with Crippen LogP contribution in [0.1, 0.15) is 28.7 Å². The van der Waals surface area contributed by atoms with Crippen molar-refractivity contribution in [2.75, 3.05) is 31.6 Å². The fourth-order valence-corrected chi connectivity index (χ4v) is 3.14. The molecule has 0 N–H and O–H groups in total. The van der Waals surface area contributed by atoms with Gasteiger partial charge in [0, 0.05) is 13.6 Å². The number of hydrogen-bond acceptors (Lipinski definition) is 5. The van der Waals surface area contributed by atoms with Gasteiger partial charge in [0.25, 0.3) is 5.91 Å². The molecular weight excluding hydrogens is 306 g/mol. The van der Waals surface area contributed by atoms with Crippen molar-refractivity contribution >= 4 is 11.6 Å². The summed E-state index contributed by atoms with van der Waals surface area (Å²) in [6.45, 7) is 7.83. The van der Waals surface area contributed by atoms with Gasteiger partial charge in [0.1, 0.15) is 23.2 Å². The molecule has 0 aliphatic carbocycles. The van der Waals surface area contributed by atoms with E-state index in [4.69, 9.17) is 9.26 Å². The van der Waals surface area contributed by atoms with Crippen molar-refractivity contribution in [3.05, 3.63) is 41.3 Å². The SMILES string of the molecule is CCN1C[C@H](CN(C)C(=O)c2c(C)noc2C)Oc2ccccc21. The minimum Gasteiger partial charge on any atom is -0.485 e. The molecule has 1 aliphatic heterocycles. The van der Waals surface area contributed by atoms with Crippen LogP contribution in [0.15, 0.2) is 28.8 Å². The molecule has 6 nitrogen and oxygen atoms in total. The highest BCUT2D eigenvalue weighted by atomic mass is 16.5. The lowest BCUT2D eigenvalue weighted by atomic mass is 10.1. The average Bonchev–Trinajstić information content (AvgIpc) is 2.92. The fraction of sp³-hybridized carbons (Fsp3) is 0.444. The van der Waals surface area contributed by atoms with Crippen molar-refractivity contribution in [2.45, 2.75) is 26.9 Å². The van der Waals surface area contributed by atoms with E-state index < -0.39 is 0 Å². The van der Waals surface area contributed by atoms with E-state index in [2.05, 4.69) is 23.0 Å². The van der Waals surface area contributed by atoms with Gasteiger partial charge in [0.2, 0.25) is 0 Å². The number of fused-ring (bicyclic) bond motifs is 1. The predicted molar refractivity (Wildman–Crippen MR) is 91.7 cm³/mol. The number of carbonyl (C=O) groups is 1. The smallest absolute Gasteiger partial charge is 0.259 e. The number of carbonyl (C=O) groups excluding carboxylic acids is 1. The first kappa shape index (κ1) is 16.4. The van der Waals surface area contributed by atoms with Crippen LogP contribution in [-0.2, 0) is 0 Å². The van der Waals surface area contributed by atoms with Crippen LogP contribution in [0.3, 0.4) is 0 Å². The van der Waals surface area contributed by atoms with Crippen LogP contribution in [0.5, 0.6) is 5.75 Å². The zero-order chi connectivity index (χ0) is 17.3. The number of benzene rings is 1. The van der Waals surface area contributed by atoms with Gasteiger partial charge in [-0.1, -0.05) is 17.3 Å². The Morgan fingerprint density at radius 1 is 1.38 bits per heavy atom. The van der Waals surface area contributed by atoms with E-state index in [1.807, 2.05) is 18.2 Å². The molecule has 1 amide bonds. The Balaban J connectivity index is 1.74. The van der Waals surface area contributed by atoms with E-state index in [0.29, 0.717) is 23.6 Å². The van der Waals surface area contributed by atoms with Crippen molar-refractivity contribution < 1.29 is 14.1 Å². The Morgan fingerprint density at radius 2 is 2.12 bits per heavy atom. The summed E-state index contributed by atoms with van der Waals surface area (Å²) in [5.41, 5.74) is 2.27. The third kappa shape index (κ3) is 2.96. The maximum Gasteiger partial charge on any atom is 0.259 e. The van der Waals surface area contributed by atoms with E-state index in [9.17, 15) is 4.79 Å². The van der Waals surface area contributed by atoms with Crippen LogP contribution < -0.4 is 9.64 Å². The van der Waals surface area contributed by atoms with Crippen LogP contribution in [0, 0.1) is 13.8 Å². The minimum atomic E-state index is -0.0863. The zero-order valence-electron chi connectivity index (χ0n) is 14.6. The second-order valence-corrected chi connectivity index (χ2v) is 6.13. The molecule has 3 rings (SSSR count). The second kappa shape index (κ2) is 6.55. The highest BCUT2D eigenvalue weighted by Gasteiger charge is 2.28. The zero-order valence-corrected chi connectivity index (χ0v) is 14.6. The van der Waals surface area contributed by atoms with E-state index in [0.717, 1.165) is 24.5 Å². The Labute approximate surface area is 142 Å². The molecule has 0 saturated carbocycles. The van der Waals surface area contributed by atoms with Gasteiger partial charge >= 0.3 is 0 Å². The summed E-state index contributed by atoms with van der Waals surface area (Å²) in [6, 6.07) is 8.01. The summed E-state index contributed by atoms with van der Waals surface area (Å²) in [6.07, 6.45) is -0.0747. The van der Waals surface area contributed by atoms with Gasteiger partial charge < -0.3 is 19.1 Å². The van der Waals surface area contributed by atoms with Gasteiger partial charge in [-0.2, -0.15) is 0 Å². The number of hydrogen-bond donors (Lipinski definition) is 0. The first-order valence-corrected chi connectivity index (χ1v) is 8.20. The van der Waals surface area contributed by atoms with E-state index >= 15 is 0 Å². The Kier molecular flexibility index (Phi) is 4.46. The predicted octanol–water partition coefficient (Wildman–Crippen LogP) is 2.65. The number of likely N-dealkylation sites (N-methyl/N-ethyl adjacent to an activating group) is 2. The lowest BCUT2D eigenvalue weighted by Gasteiger charge is -2.37. The number of aromatic nitrogens is 1. The summed E-state index contributed by atoms with van der Waals surface area (Å²) in [5.74, 6) is 1.33. The van der Waals surface area contributed by atoms with Crippen LogP contribution >= 0.6 is 0 Å². The lowest BCUT2D eigenvalue weighted by molar-refractivity contribution is 0.0707. The second-order valence-electron chi connectivity index (χ2n) is 6.13. The normalized spacial score (nSPS) is 16.5. The largest absolute Gasteiger partial charge is 0.485 e. The summed E-state index contributed by atoms with van der Waals surface area (Å²) < 4.78 is 11.2. The van der Waals surface area contributed by atoms with Crippen LogP contribution in [0.4, 0.5) is 5.69 Å². The Morgan fingerprint density at radius 3 is 2.79 bits per heavy atom. The quantitative estimate of drug-likeness (QED) is 0.863. The van der Waals surface area contributed by atoms with Crippen LogP contribution in [-0.4, -0.2) is 48.7 Å². The molecule has 1 aliphatic rings. The fourth-order valence-electron chi connectivity index (χ4n) is 3.14. The van der Waals surface area contributed by atoms with Gasteiger partial charge in [0.15, 0.2) is 0 Å². The summed E-state index contributed by atoms with van der Waals surface area (Å²) in [7, 11) is 1.79. The monoisotopic (exact) mass is 329 g/mol. The van der Waals surface area contributed by atoms with Crippen LogP contribution in [0.2, 0.25) is 0 Å². The number of nitrogens with zero attached hydrogens (tertiary/aromatic N) is 3. The summed E-state index contributed by atoms with van der Waals surface area (Å²) >= 11 is 0. The molecule has 6 heteroatoms. The first-order valence-electron chi connectivity index (χ1n) is 8.20. The summed E-state index contributed by atoms with van der Waals surface area (Å²) in [5, 5.41) is 3.86. The molecule has 0 fully saturated rings. The maximum atomic E-state index is 12.7. The number of ether oxygens (including phenoxy) is 1. The average molecular weight is 329 g/mol. The molecule has 128 valence electrons. The van der Waals surface area contributed by atoms with Gasteiger partial charge in [-0.25, -0.2) is 0 Å². The molecule has 24 heavy (non-hydrogen) atoms. The van der Waals surface area contributed by atoms with Crippen molar-refractivity contribution in [3.8, 4) is 5.75 Å². The number of anilines is 1. The molecule has 0 unspecified atom stereocenters. The molecule has 0 bridgehead atoms. The van der Waals surface area contributed by atoms with E-state index in [-0.39, 0.29) is 12.0 Å². The molecule has 0 radical (unpaired) electrons. The molecule has 0 spiro atoms. The number of amides is 1. The number of rotatable bonds is 4. The molecule has 1 atom stereocenters. The van der Waals surface area contributed by atoms with Crippen LogP contribution in [0.25, 0.3) is 0 Å². The van der Waals surface area contributed by atoms with Crippen molar-refractivity contribution in [1.29, 1.82) is 0 Å². The molecule has 0 saturated heterocycles. The minimum absolute atomic E-state index is 0.0747. The highest BCUT2D eigenvalue weighted by Crippen LogP contribution is 2.33. The third-order valence-corrected chi connectivity index (χ3v) is 4.38. The van der Waals surface area contributed by atoms with Gasteiger partial charge in [-0.3, -0.25) is 4.79 Å². The van der Waals surface area contributed by atoms with Crippen molar-refractivity contribution in [2.24, 2.45) is 0 Å². The van der Waals surface area contributed by atoms with E-state index in [1.165, 1.54) is 0 Å². The number of para-hydroxylation sites is 2. The third-order valence-electron chi connectivity index (χ3n) is 4.38. The molecule has 1 aromatic carbocycles. The Hall–Kier alpha value is -2.50. The molecule has 2 aromatic rings. The molecule has 2 heterocycles. The topological polar surface area (TPSA) is 58.8 Å². The standard InChI is InChI=1S/C18H23N3O3/c1-5-21-11-14(23-16-9-7-6-8-15(16)21)10-20(4)18(22)17-12(2)19-24-13(17)3/h6-9,14H,5,10-11H2,1-4H3/t14-/m0/s1. The van der Waals surface area contributed by atoms with Crippen molar-refractivity contribution in [1.82, 2.24) is 10.1 Å². The molecular formula is C18H23N3O3. The molecule has 1 aromatic heterocycles. The van der Waals surface area contributed by atoms with Gasteiger partial charge in [-0.15, -0.1) is 0 Å². The Bertz CT molecular complexity index is 721. The van der Waals surface area contributed by atoms with E-state index in [1.54, 1.807) is 25.8 Å². The first-order chi connectivity index (χ1) is 11.5. The highest BCUT2D eigenvalue weighted by molar-refractivity contribution is 5.95. The van der Waals surface area contributed by atoms with Gasteiger partial charge in [0.05, 0.1) is 24.5 Å². The summed E-state index contributed by atoms with van der Waals surface area (Å²) in [4.78, 5) is 16.6.